The average molecular weight is 450 g/mol. The maximum absolute atomic E-state index is 12.7. The molecule has 4 aromatic rings. The second-order valence-corrected chi connectivity index (χ2v) is 9.45. The number of amides is 1. The van der Waals surface area contributed by atoms with Gasteiger partial charge in [0.25, 0.3) is 0 Å². The van der Waals surface area contributed by atoms with Crippen LogP contribution in [0.4, 0.5) is 0 Å². The van der Waals surface area contributed by atoms with Gasteiger partial charge < -0.3 is 9.73 Å². The SMILES string of the molecule is Cc1ccc(-c2nnc(CCC(=O)NC[C@@H]3CC4c5ccccc5C3c3ccccc34)o2)cc1. The number of carbonyl (C=O) groups is 1. The summed E-state index contributed by atoms with van der Waals surface area (Å²) in [4.78, 5) is 12.7. The Morgan fingerprint density at radius 3 is 2.24 bits per heavy atom. The third-order valence-electron chi connectivity index (χ3n) is 7.32. The van der Waals surface area contributed by atoms with E-state index >= 15 is 0 Å². The molecule has 1 amide bonds. The summed E-state index contributed by atoms with van der Waals surface area (Å²) in [7, 11) is 0. The van der Waals surface area contributed by atoms with Gasteiger partial charge in [-0.05, 0) is 53.6 Å². The number of nitrogens with zero attached hydrogens (tertiary/aromatic N) is 2. The van der Waals surface area contributed by atoms with E-state index in [2.05, 4.69) is 64.0 Å². The number of hydrogen-bond acceptors (Lipinski definition) is 4. The molecule has 0 fully saturated rings. The maximum Gasteiger partial charge on any atom is 0.247 e. The number of hydrogen-bond donors (Lipinski definition) is 1. The molecule has 170 valence electrons. The largest absolute Gasteiger partial charge is 0.421 e. The quantitative estimate of drug-likeness (QED) is 0.428. The molecule has 3 aliphatic rings. The summed E-state index contributed by atoms with van der Waals surface area (Å²) in [5.74, 6) is 2.16. The van der Waals surface area contributed by atoms with E-state index in [1.807, 2.05) is 31.2 Å². The normalized spacial score (nSPS) is 20.0. The van der Waals surface area contributed by atoms with Crippen molar-refractivity contribution in [2.45, 2.75) is 38.0 Å². The fourth-order valence-electron chi connectivity index (χ4n) is 5.68. The van der Waals surface area contributed by atoms with Crippen LogP contribution in [-0.4, -0.2) is 22.6 Å². The molecule has 1 atom stereocenters. The van der Waals surface area contributed by atoms with Gasteiger partial charge in [0, 0.05) is 36.8 Å². The van der Waals surface area contributed by atoms with Gasteiger partial charge in [0.05, 0.1) is 0 Å². The van der Waals surface area contributed by atoms with Crippen LogP contribution in [0.5, 0.6) is 0 Å². The summed E-state index contributed by atoms with van der Waals surface area (Å²) in [6, 6.07) is 25.6. The highest BCUT2D eigenvalue weighted by Crippen LogP contribution is 2.55. The summed E-state index contributed by atoms with van der Waals surface area (Å²) >= 11 is 0. The van der Waals surface area contributed by atoms with Gasteiger partial charge >= 0.3 is 0 Å². The first-order valence-corrected chi connectivity index (χ1v) is 12.0. The van der Waals surface area contributed by atoms with Crippen molar-refractivity contribution >= 4 is 5.91 Å². The number of benzene rings is 3. The Bertz CT molecular complexity index is 1290. The Hall–Kier alpha value is -3.73. The first-order chi connectivity index (χ1) is 16.7. The maximum atomic E-state index is 12.7. The van der Waals surface area contributed by atoms with E-state index in [9.17, 15) is 4.79 Å². The summed E-state index contributed by atoms with van der Waals surface area (Å²) < 4.78 is 5.77. The number of carbonyl (C=O) groups excluding carboxylic acids is 1. The van der Waals surface area contributed by atoms with Gasteiger partial charge in [-0.15, -0.1) is 10.2 Å². The molecule has 0 radical (unpaired) electrons. The van der Waals surface area contributed by atoms with Crippen molar-refractivity contribution in [1.29, 1.82) is 0 Å². The Morgan fingerprint density at radius 1 is 0.912 bits per heavy atom. The van der Waals surface area contributed by atoms with Crippen molar-refractivity contribution in [3.05, 3.63) is 107 Å². The van der Waals surface area contributed by atoms with Crippen molar-refractivity contribution in [3.63, 3.8) is 0 Å². The van der Waals surface area contributed by atoms with Gasteiger partial charge in [-0.25, -0.2) is 0 Å². The Balaban J connectivity index is 1.09. The third kappa shape index (κ3) is 3.71. The predicted molar refractivity (Wildman–Crippen MR) is 130 cm³/mol. The van der Waals surface area contributed by atoms with Crippen molar-refractivity contribution in [2.75, 3.05) is 6.54 Å². The molecule has 1 N–H and O–H groups in total. The smallest absolute Gasteiger partial charge is 0.247 e. The summed E-state index contributed by atoms with van der Waals surface area (Å²) in [6.07, 6.45) is 1.85. The highest BCUT2D eigenvalue weighted by atomic mass is 16.4. The van der Waals surface area contributed by atoms with Crippen LogP contribution in [0.25, 0.3) is 11.5 Å². The molecule has 34 heavy (non-hydrogen) atoms. The highest BCUT2D eigenvalue weighted by Gasteiger charge is 2.42. The van der Waals surface area contributed by atoms with E-state index in [1.54, 1.807) is 0 Å². The van der Waals surface area contributed by atoms with Crippen LogP contribution in [0.2, 0.25) is 0 Å². The van der Waals surface area contributed by atoms with Gasteiger partial charge in [-0.2, -0.15) is 0 Å². The monoisotopic (exact) mass is 449 g/mol. The van der Waals surface area contributed by atoms with Crippen molar-refractivity contribution in [3.8, 4) is 11.5 Å². The van der Waals surface area contributed by atoms with Crippen LogP contribution in [0.1, 0.15) is 58.4 Å². The summed E-state index contributed by atoms with van der Waals surface area (Å²) in [5, 5.41) is 11.4. The Labute approximate surface area is 199 Å². The van der Waals surface area contributed by atoms with Crippen LogP contribution in [0.3, 0.4) is 0 Å². The minimum absolute atomic E-state index is 0.0260. The topological polar surface area (TPSA) is 68.0 Å². The zero-order chi connectivity index (χ0) is 23.1. The molecule has 0 unspecified atom stereocenters. The van der Waals surface area contributed by atoms with Gasteiger partial charge in [-0.3, -0.25) is 4.79 Å². The van der Waals surface area contributed by atoms with Crippen LogP contribution in [0, 0.1) is 12.8 Å². The standard InChI is InChI=1S/C29H27N3O2/c1-18-10-12-19(13-11-18)29-32-31-27(34-29)15-14-26(33)30-17-20-16-25-21-6-2-4-8-23(21)28(20)24-9-5-3-7-22(24)25/h2-13,20,25,28H,14-17H2,1H3,(H,30,33)/t20-,25?,28?/m0/s1. The molecule has 1 aromatic heterocycles. The van der Waals surface area contributed by atoms with Crippen molar-refractivity contribution in [2.24, 2.45) is 5.92 Å². The van der Waals surface area contributed by atoms with E-state index in [0.717, 1.165) is 12.0 Å². The Kier molecular flexibility index (Phi) is 5.25. The molecular weight excluding hydrogens is 422 g/mol. The number of aryl methyl sites for hydroxylation is 2. The number of rotatable bonds is 6. The average Bonchev–Trinajstić information content (AvgIpc) is 3.36. The molecule has 5 nitrogen and oxygen atoms in total. The summed E-state index contributed by atoms with van der Waals surface area (Å²) in [6.45, 7) is 2.72. The molecule has 1 heterocycles. The molecule has 0 saturated carbocycles. The first kappa shape index (κ1) is 20.8. The zero-order valence-electron chi connectivity index (χ0n) is 19.2. The van der Waals surface area contributed by atoms with Crippen LogP contribution in [0.15, 0.2) is 77.2 Å². The molecule has 5 heteroatoms. The van der Waals surface area contributed by atoms with Gasteiger partial charge in [0.15, 0.2) is 0 Å². The van der Waals surface area contributed by atoms with Gasteiger partial charge in [-0.1, -0.05) is 66.2 Å². The number of aromatic nitrogens is 2. The van der Waals surface area contributed by atoms with E-state index in [4.69, 9.17) is 4.42 Å². The van der Waals surface area contributed by atoms with Crippen molar-refractivity contribution < 1.29 is 9.21 Å². The number of nitrogens with one attached hydrogen (secondary N) is 1. The molecule has 3 aliphatic carbocycles. The highest BCUT2D eigenvalue weighted by molar-refractivity contribution is 5.76. The molecule has 7 rings (SSSR count). The fraction of sp³-hybridized carbons (Fsp3) is 0.276. The zero-order valence-corrected chi connectivity index (χ0v) is 19.2. The van der Waals surface area contributed by atoms with Gasteiger partial charge in [0.1, 0.15) is 0 Å². The molecule has 0 aliphatic heterocycles. The van der Waals surface area contributed by atoms with E-state index in [0.29, 0.717) is 48.9 Å². The lowest BCUT2D eigenvalue weighted by Crippen LogP contribution is -2.39. The predicted octanol–water partition coefficient (Wildman–Crippen LogP) is 5.39. The van der Waals surface area contributed by atoms with Crippen LogP contribution < -0.4 is 5.32 Å². The molecule has 2 bridgehead atoms. The lowest BCUT2D eigenvalue weighted by molar-refractivity contribution is -0.121. The second-order valence-electron chi connectivity index (χ2n) is 9.45. The summed E-state index contributed by atoms with van der Waals surface area (Å²) in [5.41, 5.74) is 7.82. The van der Waals surface area contributed by atoms with Crippen molar-refractivity contribution in [1.82, 2.24) is 15.5 Å². The lowest BCUT2D eigenvalue weighted by atomic mass is 9.59. The van der Waals surface area contributed by atoms with E-state index in [1.165, 1.54) is 27.8 Å². The van der Waals surface area contributed by atoms with Crippen LogP contribution in [-0.2, 0) is 11.2 Å². The van der Waals surface area contributed by atoms with E-state index in [-0.39, 0.29) is 5.91 Å². The van der Waals surface area contributed by atoms with Crippen LogP contribution >= 0.6 is 0 Å². The third-order valence-corrected chi connectivity index (χ3v) is 7.32. The molecule has 0 spiro atoms. The number of fused-ring (bicyclic) bond motifs is 1. The van der Waals surface area contributed by atoms with E-state index < -0.39 is 0 Å². The minimum atomic E-state index is 0.0260. The fourth-order valence-corrected chi connectivity index (χ4v) is 5.68. The molecular formula is C29H27N3O2. The Morgan fingerprint density at radius 2 is 1.56 bits per heavy atom. The lowest BCUT2D eigenvalue weighted by Gasteiger charge is -2.45. The minimum Gasteiger partial charge on any atom is -0.421 e. The molecule has 0 saturated heterocycles. The first-order valence-electron chi connectivity index (χ1n) is 12.0. The second kappa shape index (κ2) is 8.56. The molecule has 3 aromatic carbocycles. The van der Waals surface area contributed by atoms with Gasteiger partial charge in [0.2, 0.25) is 17.7 Å².